The summed E-state index contributed by atoms with van der Waals surface area (Å²) < 4.78 is 0. The van der Waals surface area contributed by atoms with Crippen molar-refractivity contribution < 1.29 is 0 Å². The predicted molar refractivity (Wildman–Crippen MR) is 46.4 cm³/mol. The number of thiol groups is 1. The molecule has 0 atom stereocenters. The average molecular weight is 156 g/mol. The van der Waals surface area contributed by atoms with Crippen LogP contribution < -0.4 is 5.32 Å². The van der Waals surface area contributed by atoms with E-state index in [9.17, 15) is 0 Å². The molecule has 10 heavy (non-hydrogen) atoms. The Morgan fingerprint density at radius 2 is 2.50 bits per heavy atom. The number of aromatic nitrogens is 1. The number of aromatic amines is 1. The van der Waals surface area contributed by atoms with Gasteiger partial charge in [0, 0.05) is 24.3 Å². The third-order valence-electron chi connectivity index (χ3n) is 1.35. The van der Waals surface area contributed by atoms with Crippen LogP contribution in [0.15, 0.2) is 18.3 Å². The molecule has 0 aromatic carbocycles. The van der Waals surface area contributed by atoms with Crippen LogP contribution in [0.5, 0.6) is 0 Å². The van der Waals surface area contributed by atoms with Gasteiger partial charge in [-0.15, -0.1) is 0 Å². The lowest BCUT2D eigenvalue weighted by atomic mass is 10.3. The minimum atomic E-state index is 0.751. The second-order valence-corrected chi connectivity index (χ2v) is 2.42. The second-order valence-electron chi connectivity index (χ2n) is 2.10. The lowest BCUT2D eigenvalue weighted by Crippen LogP contribution is -2.14. The van der Waals surface area contributed by atoms with Crippen LogP contribution in [0.1, 0.15) is 5.69 Å². The average Bonchev–Trinajstić information content (AvgIpc) is 2.41. The molecule has 0 bridgehead atoms. The molecule has 0 fully saturated rings. The Balaban J connectivity index is 2.15. The minimum Gasteiger partial charge on any atom is -0.365 e. The summed E-state index contributed by atoms with van der Waals surface area (Å²) in [5, 5.41) is 3.13. The van der Waals surface area contributed by atoms with Gasteiger partial charge >= 0.3 is 0 Å². The Kier molecular flexibility index (Phi) is 3.40. The zero-order chi connectivity index (χ0) is 7.23. The highest BCUT2D eigenvalue weighted by atomic mass is 32.1. The van der Waals surface area contributed by atoms with Crippen molar-refractivity contribution in [1.82, 2.24) is 10.3 Å². The van der Waals surface area contributed by atoms with E-state index in [2.05, 4.69) is 29.0 Å². The molecule has 0 aliphatic rings. The van der Waals surface area contributed by atoms with E-state index in [-0.39, 0.29) is 0 Å². The van der Waals surface area contributed by atoms with Crippen LogP contribution in [0.4, 0.5) is 0 Å². The first-order valence-corrected chi connectivity index (χ1v) is 4.00. The van der Waals surface area contributed by atoms with E-state index >= 15 is 0 Å². The van der Waals surface area contributed by atoms with Crippen molar-refractivity contribution in [2.24, 2.45) is 0 Å². The zero-order valence-corrected chi connectivity index (χ0v) is 6.70. The molecule has 0 spiro atoms. The van der Waals surface area contributed by atoms with E-state index < -0.39 is 0 Å². The number of hydrogen-bond acceptors (Lipinski definition) is 2. The summed E-state index contributed by atoms with van der Waals surface area (Å²) in [4.78, 5) is 3.13. The predicted octanol–water partition coefficient (Wildman–Crippen LogP) is 1.03. The molecule has 0 saturated carbocycles. The summed E-state index contributed by atoms with van der Waals surface area (Å²) >= 11 is 4.03. The van der Waals surface area contributed by atoms with Crippen molar-refractivity contribution in [2.45, 2.75) is 6.42 Å². The van der Waals surface area contributed by atoms with Crippen LogP contribution in [-0.4, -0.2) is 17.4 Å². The molecule has 1 heterocycles. The molecule has 56 valence electrons. The van der Waals surface area contributed by atoms with Gasteiger partial charge in [0.05, 0.1) is 0 Å². The summed E-state index contributed by atoms with van der Waals surface area (Å²) in [5.41, 5.74) is 1.27. The molecule has 1 rings (SSSR count). The maximum atomic E-state index is 4.03. The van der Waals surface area contributed by atoms with Crippen LogP contribution in [0, 0.1) is 0 Å². The van der Waals surface area contributed by atoms with Crippen molar-refractivity contribution >= 4 is 12.6 Å². The Bertz CT molecular complexity index is 160. The van der Waals surface area contributed by atoms with Gasteiger partial charge in [-0.3, -0.25) is 0 Å². The molecule has 1 aromatic heterocycles. The molecule has 0 unspecified atom stereocenters. The molecule has 0 aliphatic heterocycles. The van der Waals surface area contributed by atoms with E-state index in [1.54, 1.807) is 0 Å². The Morgan fingerprint density at radius 1 is 1.60 bits per heavy atom. The molecule has 0 aliphatic carbocycles. The van der Waals surface area contributed by atoms with Gasteiger partial charge in [-0.05, 0) is 18.6 Å². The fourth-order valence-electron chi connectivity index (χ4n) is 0.825. The number of rotatable bonds is 4. The van der Waals surface area contributed by atoms with Gasteiger partial charge < -0.3 is 10.3 Å². The Labute approximate surface area is 66.4 Å². The van der Waals surface area contributed by atoms with Crippen LogP contribution in [-0.2, 0) is 6.42 Å². The van der Waals surface area contributed by atoms with E-state index in [1.807, 2.05) is 12.3 Å². The largest absolute Gasteiger partial charge is 0.365 e. The van der Waals surface area contributed by atoms with Crippen LogP contribution >= 0.6 is 12.6 Å². The first-order chi connectivity index (χ1) is 4.93. The van der Waals surface area contributed by atoms with Gasteiger partial charge in [0.2, 0.25) is 0 Å². The van der Waals surface area contributed by atoms with E-state index in [0.717, 1.165) is 18.8 Å². The van der Waals surface area contributed by atoms with Gasteiger partial charge in [-0.2, -0.15) is 12.6 Å². The zero-order valence-electron chi connectivity index (χ0n) is 5.80. The minimum absolute atomic E-state index is 0.751. The molecule has 1 aromatic rings. The van der Waals surface area contributed by atoms with Gasteiger partial charge in [0.1, 0.15) is 0 Å². The van der Waals surface area contributed by atoms with Crippen molar-refractivity contribution in [3.63, 3.8) is 0 Å². The molecule has 0 amide bonds. The fraction of sp³-hybridized carbons (Fsp3) is 0.429. The maximum absolute atomic E-state index is 4.03. The van der Waals surface area contributed by atoms with Crippen LogP contribution in [0.2, 0.25) is 0 Å². The van der Waals surface area contributed by atoms with Crippen molar-refractivity contribution in [3.05, 3.63) is 24.0 Å². The van der Waals surface area contributed by atoms with Gasteiger partial charge in [0.25, 0.3) is 0 Å². The summed E-state index contributed by atoms with van der Waals surface area (Å²) in [5.74, 6) is 0.751. The van der Waals surface area contributed by atoms with Crippen molar-refractivity contribution in [1.29, 1.82) is 0 Å². The highest BCUT2D eigenvalue weighted by Gasteiger charge is 1.89. The Hall–Kier alpha value is -0.410. The molecule has 0 radical (unpaired) electrons. The van der Waals surface area contributed by atoms with Gasteiger partial charge in [0.15, 0.2) is 0 Å². The molecule has 3 heteroatoms. The molecular formula is C7H12N2S. The number of hydrogen-bond donors (Lipinski definition) is 3. The number of nitrogens with one attached hydrogen (secondary N) is 2. The third kappa shape index (κ3) is 2.45. The van der Waals surface area contributed by atoms with Crippen LogP contribution in [0.25, 0.3) is 0 Å². The standard InChI is InChI=1S/C7H12N2S/c10-6-8-5-3-7-2-1-4-9-7/h1-2,4,8-10H,3,5-6H2. The molecule has 0 saturated heterocycles. The van der Waals surface area contributed by atoms with E-state index in [1.165, 1.54) is 5.69 Å². The van der Waals surface area contributed by atoms with Gasteiger partial charge in [-0.1, -0.05) is 0 Å². The SMILES string of the molecule is SCNCCc1ccc[nH]1. The first kappa shape index (κ1) is 7.69. The third-order valence-corrected chi connectivity index (χ3v) is 1.57. The maximum Gasteiger partial charge on any atom is 0.0387 e. The van der Waals surface area contributed by atoms with Gasteiger partial charge in [-0.25, -0.2) is 0 Å². The summed E-state index contributed by atoms with van der Waals surface area (Å²) in [6, 6.07) is 4.09. The molecular weight excluding hydrogens is 144 g/mol. The quantitative estimate of drug-likeness (QED) is 0.339. The van der Waals surface area contributed by atoms with Crippen LogP contribution in [0.3, 0.4) is 0 Å². The first-order valence-electron chi connectivity index (χ1n) is 3.37. The summed E-state index contributed by atoms with van der Waals surface area (Å²) in [7, 11) is 0. The lowest BCUT2D eigenvalue weighted by Gasteiger charge is -1.97. The monoisotopic (exact) mass is 156 g/mol. The summed E-state index contributed by atoms with van der Waals surface area (Å²) in [6.07, 6.45) is 2.99. The summed E-state index contributed by atoms with van der Waals surface area (Å²) in [6.45, 7) is 0.990. The van der Waals surface area contributed by atoms with Crippen molar-refractivity contribution in [3.8, 4) is 0 Å². The Morgan fingerprint density at radius 3 is 3.10 bits per heavy atom. The topological polar surface area (TPSA) is 27.8 Å². The highest BCUT2D eigenvalue weighted by Crippen LogP contribution is 1.93. The lowest BCUT2D eigenvalue weighted by molar-refractivity contribution is 0.766. The molecule has 2 N–H and O–H groups in total. The molecule has 2 nitrogen and oxygen atoms in total. The fourth-order valence-corrected chi connectivity index (χ4v) is 0.983. The smallest absolute Gasteiger partial charge is 0.0387 e. The normalized spacial score (nSPS) is 10.1. The van der Waals surface area contributed by atoms with Crippen molar-refractivity contribution in [2.75, 3.05) is 12.4 Å². The van der Waals surface area contributed by atoms with E-state index in [4.69, 9.17) is 0 Å². The second kappa shape index (κ2) is 4.41. The van der Waals surface area contributed by atoms with E-state index in [0.29, 0.717) is 0 Å². The highest BCUT2D eigenvalue weighted by molar-refractivity contribution is 7.80. The number of H-pyrrole nitrogens is 1.